The van der Waals surface area contributed by atoms with Gasteiger partial charge >= 0.3 is 5.97 Å². The Morgan fingerprint density at radius 3 is 2.43 bits per heavy atom. The van der Waals surface area contributed by atoms with Gasteiger partial charge in [0.05, 0.1) is 0 Å². The number of hydrogen-bond donors (Lipinski definition) is 2. The van der Waals surface area contributed by atoms with Crippen molar-refractivity contribution in [3.05, 3.63) is 29.6 Å². The molecule has 1 aliphatic rings. The second kappa shape index (κ2) is 5.36. The van der Waals surface area contributed by atoms with Crippen LogP contribution in [0.1, 0.15) is 18.4 Å². The van der Waals surface area contributed by atoms with E-state index in [0.29, 0.717) is 5.56 Å². The largest absolute Gasteiger partial charge is 0.479 e. The van der Waals surface area contributed by atoms with Gasteiger partial charge in [-0.1, -0.05) is 6.07 Å². The van der Waals surface area contributed by atoms with E-state index in [0.717, 1.165) is 10.4 Å². The average molecular weight is 317 g/mol. The molecule has 0 unspecified atom stereocenters. The zero-order chi connectivity index (χ0) is 15.8. The lowest BCUT2D eigenvalue weighted by atomic mass is 9.93. The molecule has 1 saturated heterocycles. The number of carbonyl (C=O) groups is 1. The maximum Gasteiger partial charge on any atom is 0.335 e. The quantitative estimate of drug-likeness (QED) is 0.857. The summed E-state index contributed by atoms with van der Waals surface area (Å²) in [6.45, 7) is 1.31. The van der Waals surface area contributed by atoms with Crippen LogP contribution >= 0.6 is 0 Å². The van der Waals surface area contributed by atoms with E-state index in [1.165, 1.54) is 12.1 Å². The molecule has 1 heterocycles. The van der Waals surface area contributed by atoms with Gasteiger partial charge in [-0.05, 0) is 24.6 Å². The van der Waals surface area contributed by atoms with Crippen LogP contribution in [-0.4, -0.2) is 47.6 Å². The highest BCUT2D eigenvalue weighted by Gasteiger charge is 2.42. The number of piperidine rings is 1. The second-order valence-electron chi connectivity index (χ2n) is 5.17. The lowest BCUT2D eigenvalue weighted by molar-refractivity contribution is -0.162. The van der Waals surface area contributed by atoms with Crippen LogP contribution < -0.4 is 0 Å². The number of halogens is 1. The van der Waals surface area contributed by atoms with Crippen LogP contribution in [-0.2, 0) is 14.8 Å². The number of aliphatic carboxylic acids is 1. The molecule has 0 bridgehead atoms. The van der Waals surface area contributed by atoms with Crippen LogP contribution in [0.25, 0.3) is 0 Å². The Balaban J connectivity index is 2.27. The number of nitrogens with zero attached hydrogens (tertiary/aromatic N) is 1. The van der Waals surface area contributed by atoms with E-state index in [2.05, 4.69) is 0 Å². The molecule has 8 heteroatoms. The van der Waals surface area contributed by atoms with Crippen molar-refractivity contribution in [2.45, 2.75) is 30.3 Å². The number of benzene rings is 1. The van der Waals surface area contributed by atoms with Crippen molar-refractivity contribution in [1.82, 2.24) is 4.31 Å². The summed E-state index contributed by atoms with van der Waals surface area (Å²) in [5.74, 6) is -2.22. The number of aliphatic hydroxyl groups is 1. The van der Waals surface area contributed by atoms with E-state index < -0.39 is 32.3 Å². The molecule has 0 aromatic heterocycles. The molecule has 6 nitrogen and oxygen atoms in total. The Hall–Kier alpha value is -1.51. The fourth-order valence-electron chi connectivity index (χ4n) is 2.26. The van der Waals surface area contributed by atoms with E-state index in [4.69, 9.17) is 5.11 Å². The lowest BCUT2D eigenvalue weighted by Crippen LogP contribution is -2.50. The molecular weight excluding hydrogens is 301 g/mol. The Morgan fingerprint density at radius 1 is 1.33 bits per heavy atom. The van der Waals surface area contributed by atoms with E-state index in [-0.39, 0.29) is 25.9 Å². The fourth-order valence-corrected chi connectivity index (χ4v) is 3.85. The van der Waals surface area contributed by atoms with Crippen LogP contribution in [0.5, 0.6) is 0 Å². The molecule has 0 radical (unpaired) electrons. The molecule has 2 rings (SSSR count). The fraction of sp³-hybridized carbons (Fsp3) is 0.462. The topological polar surface area (TPSA) is 94.9 Å². The zero-order valence-corrected chi connectivity index (χ0v) is 12.2. The average Bonchev–Trinajstić information content (AvgIpc) is 2.41. The summed E-state index contributed by atoms with van der Waals surface area (Å²) in [6.07, 6.45) is -0.454. The maximum atomic E-state index is 13.8. The number of carboxylic acid groups (broad SMARTS) is 1. The van der Waals surface area contributed by atoms with Gasteiger partial charge in [0, 0.05) is 25.9 Å². The first kappa shape index (κ1) is 15.9. The van der Waals surface area contributed by atoms with Crippen molar-refractivity contribution in [1.29, 1.82) is 0 Å². The van der Waals surface area contributed by atoms with Crippen molar-refractivity contribution in [2.75, 3.05) is 13.1 Å². The monoisotopic (exact) mass is 317 g/mol. The Morgan fingerprint density at radius 2 is 1.90 bits per heavy atom. The molecule has 0 aliphatic carbocycles. The number of sulfonamides is 1. The molecule has 0 atom stereocenters. The van der Waals surface area contributed by atoms with Gasteiger partial charge in [-0.15, -0.1) is 0 Å². The molecule has 1 aliphatic heterocycles. The highest BCUT2D eigenvalue weighted by atomic mass is 32.2. The normalized spacial score (nSPS) is 19.4. The molecule has 116 valence electrons. The highest BCUT2D eigenvalue weighted by Crippen LogP contribution is 2.28. The Labute approximate surface area is 121 Å². The van der Waals surface area contributed by atoms with Crippen molar-refractivity contribution < 1.29 is 27.8 Å². The van der Waals surface area contributed by atoms with Gasteiger partial charge in [-0.25, -0.2) is 17.6 Å². The van der Waals surface area contributed by atoms with E-state index in [1.807, 2.05) is 0 Å². The minimum absolute atomic E-state index is 0.168. The molecule has 0 saturated carbocycles. The minimum Gasteiger partial charge on any atom is -0.479 e. The SMILES string of the molecule is Cc1ccc(F)c(S(=O)(=O)N2CCC(O)(C(=O)O)CC2)c1. The molecule has 2 N–H and O–H groups in total. The third-order valence-corrected chi connectivity index (χ3v) is 5.57. The molecule has 0 amide bonds. The first-order chi connectivity index (χ1) is 9.67. The number of aryl methyl sites for hydroxylation is 1. The van der Waals surface area contributed by atoms with Crippen LogP contribution in [0, 0.1) is 12.7 Å². The Bertz CT molecular complexity index is 665. The molecule has 1 fully saturated rings. The van der Waals surface area contributed by atoms with Crippen molar-refractivity contribution in [3.63, 3.8) is 0 Å². The predicted octanol–water partition coefficient (Wildman–Crippen LogP) is 0.734. The lowest BCUT2D eigenvalue weighted by Gasteiger charge is -2.34. The third-order valence-electron chi connectivity index (χ3n) is 3.65. The van der Waals surface area contributed by atoms with Crippen LogP contribution in [0.4, 0.5) is 4.39 Å². The standard InChI is InChI=1S/C13H16FNO5S/c1-9-2-3-10(14)11(8-9)21(19,20)15-6-4-13(18,5-7-15)12(16)17/h2-3,8,18H,4-7H2,1H3,(H,16,17). The van der Waals surface area contributed by atoms with E-state index in [9.17, 15) is 22.7 Å². The predicted molar refractivity (Wildman–Crippen MR) is 71.7 cm³/mol. The number of carboxylic acids is 1. The second-order valence-corrected chi connectivity index (χ2v) is 7.08. The number of rotatable bonds is 3. The molecule has 1 aromatic rings. The van der Waals surface area contributed by atoms with Crippen LogP contribution in [0.3, 0.4) is 0 Å². The van der Waals surface area contributed by atoms with Gasteiger partial charge < -0.3 is 10.2 Å². The first-order valence-corrected chi connectivity index (χ1v) is 7.83. The smallest absolute Gasteiger partial charge is 0.335 e. The Kier molecular flexibility index (Phi) is 4.05. The summed E-state index contributed by atoms with van der Waals surface area (Å²) < 4.78 is 39.5. The maximum absolute atomic E-state index is 13.8. The summed E-state index contributed by atoms with van der Waals surface area (Å²) in [4.78, 5) is 10.5. The minimum atomic E-state index is -4.04. The molecular formula is C13H16FNO5S. The molecule has 21 heavy (non-hydrogen) atoms. The number of hydrogen-bond acceptors (Lipinski definition) is 4. The molecule has 1 aromatic carbocycles. The van der Waals surface area contributed by atoms with Gasteiger partial charge in [-0.2, -0.15) is 4.31 Å². The van der Waals surface area contributed by atoms with E-state index >= 15 is 0 Å². The summed E-state index contributed by atoms with van der Waals surface area (Å²) in [7, 11) is -4.04. The van der Waals surface area contributed by atoms with Gasteiger partial charge in [0.15, 0.2) is 5.60 Å². The van der Waals surface area contributed by atoms with E-state index in [1.54, 1.807) is 6.92 Å². The van der Waals surface area contributed by atoms with Crippen molar-refractivity contribution in [2.24, 2.45) is 0 Å². The zero-order valence-electron chi connectivity index (χ0n) is 11.4. The van der Waals surface area contributed by atoms with Crippen molar-refractivity contribution in [3.8, 4) is 0 Å². The van der Waals surface area contributed by atoms with Crippen LogP contribution in [0.15, 0.2) is 23.1 Å². The highest BCUT2D eigenvalue weighted by molar-refractivity contribution is 7.89. The van der Waals surface area contributed by atoms with Gasteiger partial charge in [-0.3, -0.25) is 0 Å². The van der Waals surface area contributed by atoms with Gasteiger partial charge in [0.25, 0.3) is 0 Å². The summed E-state index contributed by atoms with van der Waals surface area (Å²) >= 11 is 0. The summed E-state index contributed by atoms with van der Waals surface area (Å²) in [5, 5.41) is 18.7. The van der Waals surface area contributed by atoms with Crippen molar-refractivity contribution >= 4 is 16.0 Å². The molecule has 0 spiro atoms. The van der Waals surface area contributed by atoms with Gasteiger partial charge in [0.2, 0.25) is 10.0 Å². The third kappa shape index (κ3) is 2.92. The first-order valence-electron chi connectivity index (χ1n) is 6.39. The van der Waals surface area contributed by atoms with Gasteiger partial charge in [0.1, 0.15) is 10.7 Å². The summed E-state index contributed by atoms with van der Waals surface area (Å²) in [5.41, 5.74) is -1.31. The summed E-state index contributed by atoms with van der Waals surface area (Å²) in [6, 6.07) is 3.79. The van der Waals surface area contributed by atoms with Crippen LogP contribution in [0.2, 0.25) is 0 Å².